The van der Waals surface area contributed by atoms with E-state index in [1.54, 1.807) is 43.3 Å². The number of anilines is 2. The van der Waals surface area contributed by atoms with Crippen molar-refractivity contribution >= 4 is 34.9 Å². The first kappa shape index (κ1) is 34.4. The highest BCUT2D eigenvalue weighted by Gasteiger charge is 2.31. The number of piperazine rings is 1. The van der Waals surface area contributed by atoms with Gasteiger partial charge in [-0.3, -0.25) is 29.0 Å². The maximum Gasteiger partial charge on any atom is 0.238 e. The molecular weight excluding hydrogens is 592 g/mol. The zero-order valence-electron chi connectivity index (χ0n) is 26.2. The highest BCUT2D eigenvalue weighted by atomic mass is 19.1. The van der Waals surface area contributed by atoms with Crippen LogP contribution >= 0.6 is 0 Å². The highest BCUT2D eigenvalue weighted by Crippen LogP contribution is 2.30. The fraction of sp³-hybridized carbons (Fsp3) is 0.371. The number of amides is 3. The Morgan fingerprint density at radius 1 is 0.870 bits per heavy atom. The third-order valence-electron chi connectivity index (χ3n) is 8.28. The second-order valence-electron chi connectivity index (χ2n) is 11.6. The number of ketones is 1. The molecule has 0 saturated carbocycles. The van der Waals surface area contributed by atoms with Gasteiger partial charge in [0.05, 0.1) is 12.2 Å². The van der Waals surface area contributed by atoms with Crippen LogP contribution in [0.15, 0.2) is 66.7 Å². The van der Waals surface area contributed by atoms with E-state index in [1.165, 1.54) is 37.3 Å². The molecule has 4 rings (SSSR count). The number of nitrogens with two attached hydrogens (primary N) is 1. The molecule has 244 valence electrons. The van der Waals surface area contributed by atoms with Gasteiger partial charge in [0.25, 0.3) is 0 Å². The minimum absolute atomic E-state index is 0.0142. The molecule has 3 aromatic rings. The van der Waals surface area contributed by atoms with Crippen molar-refractivity contribution in [3.63, 3.8) is 0 Å². The van der Waals surface area contributed by atoms with Gasteiger partial charge in [-0.05, 0) is 79.9 Å². The Balaban J connectivity index is 1.31. The first-order valence-corrected chi connectivity index (χ1v) is 15.5. The number of primary amides is 1. The van der Waals surface area contributed by atoms with Gasteiger partial charge in [-0.2, -0.15) is 0 Å². The smallest absolute Gasteiger partial charge is 0.238 e. The number of nitrogens with one attached hydrogen (secondary N) is 2. The Bertz CT molecular complexity index is 1490. The molecule has 1 aliphatic rings. The van der Waals surface area contributed by atoms with E-state index in [2.05, 4.69) is 10.6 Å². The molecule has 1 atom stereocenters. The highest BCUT2D eigenvalue weighted by molar-refractivity contribution is 6.05. The minimum Gasteiger partial charge on any atom is -0.368 e. The maximum atomic E-state index is 13.6. The molecule has 4 N–H and O–H groups in total. The molecule has 0 radical (unpaired) electrons. The van der Waals surface area contributed by atoms with Crippen molar-refractivity contribution in [3.8, 4) is 0 Å². The third kappa shape index (κ3) is 9.51. The first-order valence-electron chi connectivity index (χ1n) is 15.5. The van der Waals surface area contributed by atoms with Crippen LogP contribution in [0.25, 0.3) is 0 Å². The lowest BCUT2D eigenvalue weighted by molar-refractivity contribution is -0.127. The average Bonchev–Trinajstić information content (AvgIpc) is 3.03. The van der Waals surface area contributed by atoms with Gasteiger partial charge >= 0.3 is 0 Å². The van der Waals surface area contributed by atoms with Crippen molar-refractivity contribution in [2.24, 2.45) is 5.73 Å². The lowest BCUT2D eigenvalue weighted by atomic mass is 9.87. The van der Waals surface area contributed by atoms with E-state index in [9.17, 15) is 28.0 Å². The van der Waals surface area contributed by atoms with Crippen LogP contribution in [0, 0.1) is 11.6 Å². The Kier molecular flexibility index (Phi) is 12.1. The lowest BCUT2D eigenvalue weighted by Crippen LogP contribution is -2.59. The molecule has 1 heterocycles. The molecule has 1 unspecified atom stereocenters. The van der Waals surface area contributed by atoms with Crippen molar-refractivity contribution in [1.82, 2.24) is 9.80 Å². The second kappa shape index (κ2) is 16.2. The summed E-state index contributed by atoms with van der Waals surface area (Å²) >= 11 is 0. The number of hydrogen-bond acceptors (Lipinski definition) is 6. The van der Waals surface area contributed by atoms with Gasteiger partial charge in [-0.1, -0.05) is 37.6 Å². The Hall–Kier alpha value is -4.48. The summed E-state index contributed by atoms with van der Waals surface area (Å²) in [5.41, 5.74) is 8.77. The second-order valence-corrected chi connectivity index (χ2v) is 11.6. The lowest BCUT2D eigenvalue weighted by Gasteiger charge is -2.39. The van der Waals surface area contributed by atoms with Crippen LogP contribution in [0.1, 0.15) is 66.9 Å². The minimum atomic E-state index is -0.569. The summed E-state index contributed by atoms with van der Waals surface area (Å²) in [6, 6.07) is 16.9. The van der Waals surface area contributed by atoms with Gasteiger partial charge in [-0.15, -0.1) is 0 Å². The Morgan fingerprint density at radius 3 is 2.07 bits per heavy atom. The molecule has 3 amide bonds. The molecule has 1 fully saturated rings. The van der Waals surface area contributed by atoms with E-state index in [4.69, 9.17) is 5.73 Å². The van der Waals surface area contributed by atoms with E-state index in [0.717, 1.165) is 30.4 Å². The van der Waals surface area contributed by atoms with Crippen molar-refractivity contribution < 1.29 is 28.0 Å². The Labute approximate surface area is 268 Å². The van der Waals surface area contributed by atoms with Crippen LogP contribution in [-0.2, 0) is 14.4 Å². The summed E-state index contributed by atoms with van der Waals surface area (Å²) in [5.74, 6) is -1.91. The third-order valence-corrected chi connectivity index (χ3v) is 8.28. The van der Waals surface area contributed by atoms with E-state index >= 15 is 0 Å². The van der Waals surface area contributed by atoms with Gasteiger partial charge < -0.3 is 16.4 Å². The first-order chi connectivity index (χ1) is 22.0. The van der Waals surface area contributed by atoms with Crippen LogP contribution in [0.3, 0.4) is 0 Å². The summed E-state index contributed by atoms with van der Waals surface area (Å²) < 4.78 is 27.2. The van der Waals surface area contributed by atoms with E-state index in [0.29, 0.717) is 37.4 Å². The normalized spacial score (nSPS) is 15.5. The number of benzene rings is 3. The average molecular weight is 634 g/mol. The van der Waals surface area contributed by atoms with Crippen molar-refractivity contribution in [1.29, 1.82) is 0 Å². The molecule has 9 nitrogen and oxygen atoms in total. The van der Waals surface area contributed by atoms with Crippen LogP contribution in [0.2, 0.25) is 0 Å². The van der Waals surface area contributed by atoms with Crippen LogP contribution in [0.5, 0.6) is 0 Å². The fourth-order valence-electron chi connectivity index (χ4n) is 5.80. The van der Waals surface area contributed by atoms with Crippen LogP contribution in [0.4, 0.5) is 20.2 Å². The van der Waals surface area contributed by atoms with Crippen molar-refractivity contribution in [3.05, 3.63) is 95.1 Å². The van der Waals surface area contributed by atoms with Crippen molar-refractivity contribution in [2.75, 3.05) is 43.4 Å². The monoisotopic (exact) mass is 633 g/mol. The molecule has 1 saturated heterocycles. The van der Waals surface area contributed by atoms with Crippen LogP contribution < -0.4 is 16.4 Å². The summed E-state index contributed by atoms with van der Waals surface area (Å²) in [4.78, 5) is 53.3. The topological polar surface area (TPSA) is 125 Å². The quantitative estimate of drug-likeness (QED) is 0.171. The summed E-state index contributed by atoms with van der Waals surface area (Å²) in [7, 11) is 0. The Morgan fingerprint density at radius 2 is 1.50 bits per heavy atom. The summed E-state index contributed by atoms with van der Waals surface area (Å²) in [6.07, 6.45) is 2.65. The number of hydrogen-bond donors (Lipinski definition) is 3. The number of nitrogens with zero attached hydrogens (tertiary/aromatic N) is 2. The molecular formula is C35H41F2N5O4. The summed E-state index contributed by atoms with van der Waals surface area (Å²) in [5, 5.41) is 5.50. The molecule has 0 aliphatic carbocycles. The predicted octanol–water partition coefficient (Wildman–Crippen LogP) is 4.93. The molecule has 0 spiro atoms. The number of halogens is 2. The van der Waals surface area contributed by atoms with Gasteiger partial charge in [-0.25, -0.2) is 8.78 Å². The van der Waals surface area contributed by atoms with Gasteiger partial charge in [0.1, 0.15) is 17.7 Å². The molecule has 46 heavy (non-hydrogen) atoms. The number of carbonyl (C=O) groups is 4. The fourth-order valence-corrected chi connectivity index (χ4v) is 5.80. The largest absolute Gasteiger partial charge is 0.368 e. The van der Waals surface area contributed by atoms with E-state index < -0.39 is 11.9 Å². The van der Waals surface area contributed by atoms with Gasteiger partial charge in [0, 0.05) is 43.2 Å². The number of carbonyl (C=O) groups excluding carboxylic acids is 4. The van der Waals surface area contributed by atoms with E-state index in [-0.39, 0.29) is 53.8 Å². The zero-order chi connectivity index (χ0) is 33.2. The molecule has 3 aromatic carbocycles. The molecule has 0 bridgehead atoms. The van der Waals surface area contributed by atoms with Crippen molar-refractivity contribution in [2.45, 2.75) is 51.5 Å². The predicted molar refractivity (Wildman–Crippen MR) is 173 cm³/mol. The van der Waals surface area contributed by atoms with Gasteiger partial charge in [0.15, 0.2) is 5.78 Å². The standard InChI is InChI=1S/C35H41F2N5O4/c1-3-33(44)39-28-15-16-31(30(20-28)23(2)43)40-34(45)22-41-18-19-42(32(21-41)35(38)46)17-5-4-6-29(24-7-11-26(36)12-8-24)25-9-13-27(37)14-10-25/h7-16,20,29,32H,3-6,17-19,21-22H2,1-2H3,(H2,38,46)(H,39,44)(H,40,45). The molecule has 11 heteroatoms. The van der Waals surface area contributed by atoms with E-state index in [1.807, 2.05) is 9.80 Å². The number of unbranched alkanes of at least 4 members (excludes halogenated alkanes) is 1. The molecule has 1 aliphatic heterocycles. The van der Waals surface area contributed by atoms with Gasteiger partial charge in [0.2, 0.25) is 17.7 Å². The zero-order valence-corrected chi connectivity index (χ0v) is 26.2. The summed E-state index contributed by atoms with van der Waals surface area (Å²) in [6.45, 7) is 5.15. The maximum absolute atomic E-state index is 13.6. The molecule has 0 aromatic heterocycles. The number of Topliss-reactive ketones (excluding diaryl/α,β-unsaturated/α-hetero) is 1. The SMILES string of the molecule is CCC(=O)Nc1ccc(NC(=O)CN2CCN(CCCCC(c3ccc(F)cc3)c3ccc(F)cc3)C(C(N)=O)C2)c(C(C)=O)c1. The van der Waals surface area contributed by atoms with Crippen LogP contribution in [-0.4, -0.2) is 72.1 Å². The number of rotatable bonds is 14.